The summed E-state index contributed by atoms with van der Waals surface area (Å²) < 4.78 is 12.9. The van der Waals surface area contributed by atoms with E-state index >= 15 is 0 Å². The molecule has 0 bridgehead atoms. The molecule has 0 aliphatic heterocycles. The fraction of sp³-hybridized carbons (Fsp3) is 0.524. The van der Waals surface area contributed by atoms with Gasteiger partial charge in [0.15, 0.2) is 0 Å². The Labute approximate surface area is 174 Å². The van der Waals surface area contributed by atoms with Gasteiger partial charge in [-0.2, -0.15) is 0 Å². The van der Waals surface area contributed by atoms with Gasteiger partial charge in [0.2, 0.25) is 0 Å². The van der Waals surface area contributed by atoms with Crippen molar-refractivity contribution in [1.29, 1.82) is 0 Å². The highest BCUT2D eigenvalue weighted by Gasteiger charge is 2.26. The molecule has 1 aromatic carbocycles. The molecule has 154 valence electrons. The standard InChI is InChI=1S/C21H29BrN2O4/c1-13(2)11-15(19(25)27-6)23-12-17-18(22)14-9-7-8-10-16(14)24(17)20(26)28-21(3,4)5/h7-10,13,15,23H,11-12H2,1-6H3/t15-/m0/s1. The van der Waals surface area contributed by atoms with Crippen LogP contribution in [0.3, 0.4) is 0 Å². The second-order valence-corrected chi connectivity index (χ2v) is 8.97. The third-order valence-corrected chi connectivity index (χ3v) is 5.07. The van der Waals surface area contributed by atoms with Crippen molar-refractivity contribution in [3.63, 3.8) is 0 Å². The number of benzene rings is 1. The third-order valence-electron chi connectivity index (χ3n) is 4.19. The number of hydrogen-bond acceptors (Lipinski definition) is 5. The first-order valence-corrected chi connectivity index (χ1v) is 10.2. The van der Waals surface area contributed by atoms with Gasteiger partial charge in [0.25, 0.3) is 0 Å². The Morgan fingerprint density at radius 1 is 1.21 bits per heavy atom. The fourth-order valence-corrected chi connectivity index (χ4v) is 3.68. The average molecular weight is 453 g/mol. The summed E-state index contributed by atoms with van der Waals surface area (Å²) in [4.78, 5) is 25.1. The Hall–Kier alpha value is -1.86. The molecule has 1 atom stereocenters. The zero-order valence-electron chi connectivity index (χ0n) is 17.3. The van der Waals surface area contributed by atoms with E-state index in [1.807, 2.05) is 58.9 Å². The van der Waals surface area contributed by atoms with Gasteiger partial charge in [-0.25, -0.2) is 9.36 Å². The molecule has 0 aliphatic rings. The summed E-state index contributed by atoms with van der Waals surface area (Å²) >= 11 is 3.62. The zero-order chi connectivity index (χ0) is 21.1. The summed E-state index contributed by atoms with van der Waals surface area (Å²) in [7, 11) is 1.38. The predicted octanol–water partition coefficient (Wildman–Crippen LogP) is 4.86. The highest BCUT2D eigenvalue weighted by molar-refractivity contribution is 9.10. The number of nitrogens with one attached hydrogen (secondary N) is 1. The molecule has 0 radical (unpaired) electrons. The molecule has 0 saturated carbocycles. The molecule has 1 heterocycles. The summed E-state index contributed by atoms with van der Waals surface area (Å²) in [5, 5.41) is 4.15. The van der Waals surface area contributed by atoms with Crippen molar-refractivity contribution >= 4 is 38.9 Å². The van der Waals surface area contributed by atoms with Crippen LogP contribution in [-0.2, 0) is 20.8 Å². The highest BCUT2D eigenvalue weighted by Crippen LogP contribution is 2.32. The molecule has 1 N–H and O–H groups in total. The van der Waals surface area contributed by atoms with Crippen LogP contribution in [0.5, 0.6) is 0 Å². The van der Waals surface area contributed by atoms with Gasteiger partial charge < -0.3 is 9.47 Å². The van der Waals surface area contributed by atoms with E-state index in [1.165, 1.54) is 7.11 Å². The summed E-state index contributed by atoms with van der Waals surface area (Å²) in [6.07, 6.45) is 0.182. The predicted molar refractivity (Wildman–Crippen MR) is 113 cm³/mol. The second-order valence-electron chi connectivity index (χ2n) is 8.18. The molecule has 0 spiro atoms. The number of carbonyl (C=O) groups is 2. The topological polar surface area (TPSA) is 69.6 Å². The van der Waals surface area contributed by atoms with Crippen LogP contribution in [0.2, 0.25) is 0 Å². The van der Waals surface area contributed by atoms with Gasteiger partial charge in [-0.05, 0) is 55.1 Å². The van der Waals surface area contributed by atoms with Crippen molar-refractivity contribution in [3.05, 3.63) is 34.4 Å². The van der Waals surface area contributed by atoms with Crippen molar-refractivity contribution in [2.24, 2.45) is 5.92 Å². The van der Waals surface area contributed by atoms with E-state index < -0.39 is 17.7 Å². The van der Waals surface area contributed by atoms with Gasteiger partial charge in [-0.3, -0.25) is 10.1 Å². The van der Waals surface area contributed by atoms with Crippen LogP contribution in [0.1, 0.15) is 46.7 Å². The summed E-state index contributed by atoms with van der Waals surface area (Å²) in [5.74, 6) is 0.00139. The number of carbonyl (C=O) groups excluding carboxylic acids is 2. The zero-order valence-corrected chi connectivity index (χ0v) is 18.9. The van der Waals surface area contributed by atoms with E-state index in [1.54, 1.807) is 4.57 Å². The lowest BCUT2D eigenvalue weighted by Gasteiger charge is -2.22. The molecule has 0 aliphatic carbocycles. The number of methoxy groups -OCH3 is 1. The van der Waals surface area contributed by atoms with Gasteiger partial charge in [0.1, 0.15) is 11.6 Å². The van der Waals surface area contributed by atoms with Gasteiger partial charge in [0.05, 0.1) is 18.3 Å². The van der Waals surface area contributed by atoms with Crippen molar-refractivity contribution in [1.82, 2.24) is 9.88 Å². The smallest absolute Gasteiger partial charge is 0.419 e. The summed E-state index contributed by atoms with van der Waals surface area (Å²) in [6, 6.07) is 7.15. The molecular formula is C21H29BrN2O4. The van der Waals surface area contributed by atoms with Crippen LogP contribution in [-0.4, -0.2) is 35.4 Å². The maximum Gasteiger partial charge on any atom is 0.419 e. The third kappa shape index (κ3) is 5.35. The van der Waals surface area contributed by atoms with E-state index in [-0.39, 0.29) is 5.97 Å². The molecule has 2 aromatic rings. The Morgan fingerprint density at radius 2 is 1.86 bits per heavy atom. The molecule has 6 nitrogen and oxygen atoms in total. The molecule has 7 heteroatoms. The number of hydrogen-bond donors (Lipinski definition) is 1. The SMILES string of the molecule is COC(=O)[C@H](CC(C)C)NCc1c(Br)c2ccccc2n1C(=O)OC(C)(C)C. The van der Waals surface area contributed by atoms with Crippen LogP contribution in [0, 0.1) is 5.92 Å². The monoisotopic (exact) mass is 452 g/mol. The number of rotatable bonds is 6. The molecule has 1 aromatic heterocycles. The minimum absolute atomic E-state index is 0.307. The number of nitrogens with zero attached hydrogens (tertiary/aromatic N) is 1. The van der Waals surface area contributed by atoms with E-state index in [0.717, 1.165) is 15.4 Å². The normalized spacial score (nSPS) is 13.0. The number of esters is 1. The number of aromatic nitrogens is 1. The average Bonchev–Trinajstić information content (AvgIpc) is 2.88. The van der Waals surface area contributed by atoms with Gasteiger partial charge >= 0.3 is 12.1 Å². The minimum atomic E-state index is -0.619. The first-order chi connectivity index (χ1) is 13.0. The van der Waals surface area contributed by atoms with E-state index in [2.05, 4.69) is 21.2 Å². The molecule has 0 amide bonds. The van der Waals surface area contributed by atoms with Crippen molar-refractivity contribution in [2.45, 2.75) is 59.2 Å². The molecule has 0 unspecified atom stereocenters. The Kier molecular flexibility index (Phi) is 7.28. The fourth-order valence-electron chi connectivity index (χ4n) is 3.02. The minimum Gasteiger partial charge on any atom is -0.468 e. The lowest BCUT2D eigenvalue weighted by molar-refractivity contribution is -0.143. The Balaban J connectivity index is 2.42. The lowest BCUT2D eigenvalue weighted by atomic mass is 10.0. The highest BCUT2D eigenvalue weighted by atomic mass is 79.9. The summed E-state index contributed by atoms with van der Waals surface area (Å²) in [6.45, 7) is 9.90. The van der Waals surface area contributed by atoms with Crippen molar-refractivity contribution < 1.29 is 19.1 Å². The van der Waals surface area contributed by atoms with Crippen LogP contribution >= 0.6 is 15.9 Å². The van der Waals surface area contributed by atoms with Crippen LogP contribution < -0.4 is 5.32 Å². The van der Waals surface area contributed by atoms with Gasteiger partial charge in [-0.1, -0.05) is 32.0 Å². The summed E-state index contributed by atoms with van der Waals surface area (Å²) in [5.41, 5.74) is 0.832. The lowest BCUT2D eigenvalue weighted by Crippen LogP contribution is -2.39. The number of para-hydroxylation sites is 1. The Morgan fingerprint density at radius 3 is 2.43 bits per heavy atom. The van der Waals surface area contributed by atoms with Crippen LogP contribution in [0.4, 0.5) is 4.79 Å². The van der Waals surface area contributed by atoms with Crippen LogP contribution in [0.15, 0.2) is 28.7 Å². The first-order valence-electron chi connectivity index (χ1n) is 9.37. The largest absolute Gasteiger partial charge is 0.468 e. The van der Waals surface area contributed by atoms with E-state index in [4.69, 9.17) is 9.47 Å². The molecule has 28 heavy (non-hydrogen) atoms. The number of ether oxygens (including phenoxy) is 2. The van der Waals surface area contributed by atoms with Crippen molar-refractivity contribution in [3.8, 4) is 0 Å². The maximum absolute atomic E-state index is 12.9. The van der Waals surface area contributed by atoms with Crippen LogP contribution in [0.25, 0.3) is 10.9 Å². The van der Waals surface area contributed by atoms with Gasteiger partial charge in [0, 0.05) is 16.4 Å². The van der Waals surface area contributed by atoms with Crippen molar-refractivity contribution in [2.75, 3.05) is 7.11 Å². The van der Waals surface area contributed by atoms with E-state index in [0.29, 0.717) is 24.6 Å². The molecule has 0 saturated heterocycles. The maximum atomic E-state index is 12.9. The second kappa shape index (κ2) is 9.09. The molecule has 0 fully saturated rings. The number of halogens is 1. The molecule has 2 rings (SSSR count). The quantitative estimate of drug-likeness (QED) is 0.633. The first kappa shape index (κ1) is 22.4. The molecular weight excluding hydrogens is 424 g/mol. The Bertz CT molecular complexity index is 852. The van der Waals surface area contributed by atoms with E-state index in [9.17, 15) is 9.59 Å². The van der Waals surface area contributed by atoms with Gasteiger partial charge in [-0.15, -0.1) is 0 Å². The number of fused-ring (bicyclic) bond motifs is 1.